The smallest absolute Gasteiger partial charge is 0.271 e. The molecule has 20 heavy (non-hydrogen) atoms. The zero-order chi connectivity index (χ0) is 14.5. The van der Waals surface area contributed by atoms with E-state index in [4.69, 9.17) is 4.74 Å². The van der Waals surface area contributed by atoms with E-state index in [0.717, 1.165) is 29.4 Å². The minimum atomic E-state index is -0.195. The predicted molar refractivity (Wildman–Crippen MR) is 83.2 cm³/mol. The van der Waals surface area contributed by atoms with Crippen molar-refractivity contribution < 1.29 is 9.53 Å². The average Bonchev–Trinajstić information content (AvgIpc) is 2.44. The third kappa shape index (κ3) is 3.82. The summed E-state index contributed by atoms with van der Waals surface area (Å²) in [5.41, 5.74) is 4.29. The Balaban J connectivity index is 2.01. The molecule has 1 aromatic carbocycles. The molecule has 1 unspecified atom stereocenters. The second-order valence-corrected chi connectivity index (χ2v) is 6.02. The summed E-state index contributed by atoms with van der Waals surface area (Å²) in [5.74, 6) is 1.17. The zero-order valence-electron chi connectivity index (χ0n) is 11.8. The molecular formula is C15H19BrN2O2. The fourth-order valence-electron chi connectivity index (χ4n) is 2.36. The van der Waals surface area contributed by atoms with Gasteiger partial charge in [-0.05, 0) is 65.7 Å². The number of nitrogens with zero attached hydrogens (tertiary/aromatic N) is 1. The van der Waals surface area contributed by atoms with Crippen molar-refractivity contribution in [3.05, 3.63) is 28.2 Å². The summed E-state index contributed by atoms with van der Waals surface area (Å²) in [6.45, 7) is 2.22. The first-order valence-corrected chi connectivity index (χ1v) is 7.58. The standard InChI is InChI=1S/C15H19BrN2O2/c1-10-4-3-5-12(8-10)17-18-15(19)11-6-7-14(20-2)13(16)9-11/h6-7,9-10H,3-5,8H2,1-2H3,(H,18,19). The molecule has 1 aliphatic rings. The summed E-state index contributed by atoms with van der Waals surface area (Å²) in [6, 6.07) is 5.22. The lowest BCUT2D eigenvalue weighted by Crippen LogP contribution is -2.22. The summed E-state index contributed by atoms with van der Waals surface area (Å²) in [7, 11) is 1.59. The van der Waals surface area contributed by atoms with Gasteiger partial charge in [-0.2, -0.15) is 5.10 Å². The van der Waals surface area contributed by atoms with E-state index in [1.54, 1.807) is 25.3 Å². The van der Waals surface area contributed by atoms with Gasteiger partial charge in [0, 0.05) is 11.3 Å². The Morgan fingerprint density at radius 2 is 2.30 bits per heavy atom. The van der Waals surface area contributed by atoms with E-state index in [2.05, 4.69) is 33.4 Å². The summed E-state index contributed by atoms with van der Waals surface area (Å²) >= 11 is 3.37. The molecule has 0 aliphatic heterocycles. The molecule has 1 aromatic rings. The SMILES string of the molecule is COc1ccc(C(=O)NN=C2CCCC(C)C2)cc1Br. The molecule has 1 amide bonds. The highest BCUT2D eigenvalue weighted by Crippen LogP contribution is 2.25. The van der Waals surface area contributed by atoms with Crippen LogP contribution in [0.15, 0.2) is 27.8 Å². The number of rotatable bonds is 3. The predicted octanol–water partition coefficient (Wildman–Crippen LogP) is 3.75. The molecule has 108 valence electrons. The van der Waals surface area contributed by atoms with Crippen LogP contribution in [0.4, 0.5) is 0 Å². The van der Waals surface area contributed by atoms with Gasteiger partial charge in [-0.25, -0.2) is 5.43 Å². The Hall–Kier alpha value is -1.36. The van der Waals surface area contributed by atoms with Crippen molar-refractivity contribution in [2.45, 2.75) is 32.6 Å². The lowest BCUT2D eigenvalue weighted by Gasteiger charge is -2.18. The molecule has 4 nitrogen and oxygen atoms in total. The first-order valence-electron chi connectivity index (χ1n) is 6.79. The normalized spacial score (nSPS) is 20.8. The number of halogens is 1. The monoisotopic (exact) mass is 338 g/mol. The average molecular weight is 339 g/mol. The van der Waals surface area contributed by atoms with Gasteiger partial charge in [0.25, 0.3) is 5.91 Å². The molecule has 1 N–H and O–H groups in total. The van der Waals surface area contributed by atoms with Gasteiger partial charge in [-0.1, -0.05) is 6.92 Å². The number of methoxy groups -OCH3 is 1. The van der Waals surface area contributed by atoms with Gasteiger partial charge in [-0.3, -0.25) is 4.79 Å². The van der Waals surface area contributed by atoms with Gasteiger partial charge in [0.15, 0.2) is 0 Å². The van der Waals surface area contributed by atoms with Gasteiger partial charge in [0.1, 0.15) is 5.75 Å². The molecule has 0 spiro atoms. The van der Waals surface area contributed by atoms with E-state index in [9.17, 15) is 4.79 Å². The molecule has 1 saturated carbocycles. The van der Waals surface area contributed by atoms with Gasteiger partial charge < -0.3 is 4.74 Å². The number of benzene rings is 1. The highest BCUT2D eigenvalue weighted by molar-refractivity contribution is 9.10. The number of hydrogen-bond donors (Lipinski definition) is 1. The zero-order valence-corrected chi connectivity index (χ0v) is 13.4. The van der Waals surface area contributed by atoms with Crippen LogP contribution in [0, 0.1) is 5.92 Å². The van der Waals surface area contributed by atoms with Crippen molar-refractivity contribution in [3.63, 3.8) is 0 Å². The summed E-state index contributed by atoms with van der Waals surface area (Å²) < 4.78 is 5.90. The van der Waals surface area contributed by atoms with Crippen LogP contribution in [0.5, 0.6) is 5.75 Å². The Kier molecular flexibility index (Phi) is 5.17. The van der Waals surface area contributed by atoms with E-state index >= 15 is 0 Å². The molecule has 1 fully saturated rings. The van der Waals surface area contributed by atoms with Crippen LogP contribution in [0.25, 0.3) is 0 Å². The highest BCUT2D eigenvalue weighted by Gasteiger charge is 2.14. The summed E-state index contributed by atoms with van der Waals surface area (Å²) in [4.78, 5) is 12.0. The van der Waals surface area contributed by atoms with Crippen LogP contribution in [0.2, 0.25) is 0 Å². The number of hydrazone groups is 1. The minimum absolute atomic E-state index is 0.195. The fourth-order valence-corrected chi connectivity index (χ4v) is 2.91. The first-order chi connectivity index (χ1) is 9.60. The maximum absolute atomic E-state index is 12.0. The van der Waals surface area contributed by atoms with Crippen LogP contribution in [-0.2, 0) is 0 Å². The fraction of sp³-hybridized carbons (Fsp3) is 0.467. The Labute approximate surface area is 127 Å². The van der Waals surface area contributed by atoms with Crippen LogP contribution in [0.1, 0.15) is 43.0 Å². The van der Waals surface area contributed by atoms with Crippen molar-refractivity contribution in [2.24, 2.45) is 11.0 Å². The molecule has 2 rings (SSSR count). The summed E-state index contributed by atoms with van der Waals surface area (Å²) in [5, 5.41) is 4.25. The molecular weight excluding hydrogens is 320 g/mol. The summed E-state index contributed by atoms with van der Waals surface area (Å²) in [6.07, 6.45) is 4.37. The number of nitrogens with one attached hydrogen (secondary N) is 1. The number of amides is 1. The Morgan fingerprint density at radius 3 is 2.95 bits per heavy atom. The second kappa shape index (κ2) is 6.88. The molecule has 5 heteroatoms. The number of carbonyl (C=O) groups excluding carboxylic acids is 1. The van der Waals surface area contributed by atoms with E-state index in [0.29, 0.717) is 17.2 Å². The number of ether oxygens (including phenoxy) is 1. The molecule has 1 aliphatic carbocycles. The lowest BCUT2D eigenvalue weighted by molar-refractivity contribution is 0.0954. The Morgan fingerprint density at radius 1 is 1.50 bits per heavy atom. The van der Waals surface area contributed by atoms with Crippen LogP contribution in [0.3, 0.4) is 0 Å². The lowest BCUT2D eigenvalue weighted by atomic mass is 9.89. The maximum atomic E-state index is 12.0. The quantitative estimate of drug-likeness (QED) is 0.853. The van der Waals surface area contributed by atoms with E-state index in [-0.39, 0.29) is 5.91 Å². The van der Waals surface area contributed by atoms with Gasteiger partial charge >= 0.3 is 0 Å². The van der Waals surface area contributed by atoms with Gasteiger partial charge in [0.2, 0.25) is 0 Å². The second-order valence-electron chi connectivity index (χ2n) is 5.17. The number of carbonyl (C=O) groups is 1. The molecule has 0 aromatic heterocycles. The van der Waals surface area contributed by atoms with Crippen molar-refractivity contribution in [3.8, 4) is 5.75 Å². The third-order valence-corrected chi connectivity index (χ3v) is 4.10. The molecule has 0 saturated heterocycles. The van der Waals surface area contributed by atoms with E-state index in [1.165, 1.54) is 6.42 Å². The number of hydrogen-bond acceptors (Lipinski definition) is 3. The van der Waals surface area contributed by atoms with Crippen molar-refractivity contribution in [2.75, 3.05) is 7.11 Å². The molecule has 0 radical (unpaired) electrons. The molecule has 1 atom stereocenters. The largest absolute Gasteiger partial charge is 0.496 e. The molecule has 0 heterocycles. The molecule has 0 bridgehead atoms. The van der Waals surface area contributed by atoms with Crippen molar-refractivity contribution >= 4 is 27.5 Å². The Bertz CT molecular complexity index is 529. The van der Waals surface area contributed by atoms with Crippen molar-refractivity contribution in [1.82, 2.24) is 5.43 Å². The topological polar surface area (TPSA) is 50.7 Å². The van der Waals surface area contributed by atoms with Crippen LogP contribution >= 0.6 is 15.9 Å². The van der Waals surface area contributed by atoms with Crippen LogP contribution < -0.4 is 10.2 Å². The van der Waals surface area contributed by atoms with Gasteiger partial charge in [-0.15, -0.1) is 0 Å². The van der Waals surface area contributed by atoms with Gasteiger partial charge in [0.05, 0.1) is 11.6 Å². The van der Waals surface area contributed by atoms with Crippen LogP contribution in [-0.4, -0.2) is 18.7 Å². The minimum Gasteiger partial charge on any atom is -0.496 e. The highest BCUT2D eigenvalue weighted by atomic mass is 79.9. The van der Waals surface area contributed by atoms with Crippen molar-refractivity contribution in [1.29, 1.82) is 0 Å². The third-order valence-electron chi connectivity index (χ3n) is 3.48. The maximum Gasteiger partial charge on any atom is 0.271 e. The first kappa shape index (κ1) is 15.0. The van der Waals surface area contributed by atoms with E-state index < -0.39 is 0 Å². The van der Waals surface area contributed by atoms with E-state index in [1.807, 2.05) is 0 Å².